The molecule has 23 heavy (non-hydrogen) atoms. The van der Waals surface area contributed by atoms with E-state index in [1.165, 1.54) is 0 Å². The molecular weight excluding hydrogens is 314 g/mol. The summed E-state index contributed by atoms with van der Waals surface area (Å²) in [6, 6.07) is 5.80. The van der Waals surface area contributed by atoms with Crippen molar-refractivity contribution in [3.63, 3.8) is 0 Å². The second-order valence-electron chi connectivity index (χ2n) is 5.36. The van der Waals surface area contributed by atoms with Gasteiger partial charge in [-0.2, -0.15) is 5.10 Å². The molecule has 1 atom stereocenters. The summed E-state index contributed by atoms with van der Waals surface area (Å²) in [4.78, 5) is 12.0. The average molecular weight is 333 g/mol. The molecule has 2 aromatic rings. The van der Waals surface area contributed by atoms with E-state index < -0.39 is 0 Å². The van der Waals surface area contributed by atoms with Crippen LogP contribution in [0.25, 0.3) is 0 Å². The first kappa shape index (κ1) is 15.7. The summed E-state index contributed by atoms with van der Waals surface area (Å²) < 4.78 is 12.5. The van der Waals surface area contributed by atoms with Crippen molar-refractivity contribution in [3.05, 3.63) is 35.0 Å². The van der Waals surface area contributed by atoms with Crippen LogP contribution in [0.5, 0.6) is 11.5 Å². The summed E-state index contributed by atoms with van der Waals surface area (Å²) in [5.74, 6) is 2.58. The highest BCUT2D eigenvalue weighted by Crippen LogP contribution is 2.44. The molecule has 1 aromatic carbocycles. The molecule has 6 nitrogen and oxygen atoms in total. The molecule has 2 heterocycles. The number of aryl methyl sites for hydroxylation is 2. The Morgan fingerprint density at radius 2 is 1.91 bits per heavy atom. The van der Waals surface area contributed by atoms with E-state index in [4.69, 9.17) is 9.47 Å². The van der Waals surface area contributed by atoms with Gasteiger partial charge in [-0.25, -0.2) is 0 Å². The molecule has 0 fully saturated rings. The largest absolute Gasteiger partial charge is 0.497 e. The SMILES string of the molecule is COc1cc(OC)cc([C@@H]2SCC(=O)Nc3c2c(C)nn3C)c1. The fourth-order valence-electron chi connectivity index (χ4n) is 2.79. The molecule has 1 aliphatic heterocycles. The molecule has 0 saturated carbocycles. The molecule has 0 saturated heterocycles. The molecule has 0 aliphatic carbocycles. The minimum absolute atomic E-state index is 0.0124. The van der Waals surface area contributed by atoms with E-state index in [9.17, 15) is 4.79 Å². The molecular formula is C16H19N3O3S. The third-order valence-electron chi connectivity index (χ3n) is 3.85. The number of hydrogen-bond acceptors (Lipinski definition) is 5. The number of benzene rings is 1. The van der Waals surface area contributed by atoms with E-state index in [-0.39, 0.29) is 11.2 Å². The Hall–Kier alpha value is -2.15. The quantitative estimate of drug-likeness (QED) is 0.935. The van der Waals surface area contributed by atoms with Gasteiger partial charge in [-0.15, -0.1) is 11.8 Å². The lowest BCUT2D eigenvalue weighted by atomic mass is 10.0. The maximum absolute atomic E-state index is 12.0. The molecule has 0 spiro atoms. The molecule has 1 aliphatic rings. The number of fused-ring (bicyclic) bond motifs is 1. The van der Waals surface area contributed by atoms with E-state index in [1.54, 1.807) is 30.7 Å². The van der Waals surface area contributed by atoms with Crippen LogP contribution in [0.3, 0.4) is 0 Å². The minimum atomic E-state index is -0.0170. The van der Waals surface area contributed by atoms with Crippen molar-refractivity contribution in [2.75, 3.05) is 25.3 Å². The van der Waals surface area contributed by atoms with Crippen molar-refractivity contribution in [2.24, 2.45) is 7.05 Å². The van der Waals surface area contributed by atoms with Gasteiger partial charge in [0, 0.05) is 18.7 Å². The number of nitrogens with one attached hydrogen (secondary N) is 1. The van der Waals surface area contributed by atoms with Crippen molar-refractivity contribution >= 4 is 23.5 Å². The van der Waals surface area contributed by atoms with E-state index in [2.05, 4.69) is 10.4 Å². The lowest BCUT2D eigenvalue weighted by Gasteiger charge is -2.17. The van der Waals surface area contributed by atoms with Crippen LogP contribution in [-0.2, 0) is 11.8 Å². The van der Waals surface area contributed by atoms with Crippen LogP contribution >= 0.6 is 11.8 Å². The van der Waals surface area contributed by atoms with E-state index in [0.29, 0.717) is 5.75 Å². The third kappa shape index (κ3) is 2.88. The van der Waals surface area contributed by atoms with Crippen LogP contribution in [0.15, 0.2) is 18.2 Å². The van der Waals surface area contributed by atoms with Crippen LogP contribution in [0.1, 0.15) is 22.1 Å². The fraction of sp³-hybridized carbons (Fsp3) is 0.375. The van der Waals surface area contributed by atoms with Gasteiger partial charge in [0.25, 0.3) is 0 Å². The van der Waals surface area contributed by atoms with Gasteiger partial charge in [0.2, 0.25) is 5.91 Å². The number of carbonyl (C=O) groups is 1. The number of anilines is 1. The smallest absolute Gasteiger partial charge is 0.235 e. The first-order chi connectivity index (χ1) is 11.0. The number of thioether (sulfide) groups is 1. The summed E-state index contributed by atoms with van der Waals surface area (Å²) in [5.41, 5.74) is 2.96. The zero-order valence-electron chi connectivity index (χ0n) is 13.5. The van der Waals surface area contributed by atoms with Crippen molar-refractivity contribution in [1.29, 1.82) is 0 Å². The number of carbonyl (C=O) groups excluding carboxylic acids is 1. The first-order valence-electron chi connectivity index (χ1n) is 7.21. The number of amides is 1. The summed E-state index contributed by atoms with van der Waals surface area (Å²) in [7, 11) is 5.10. The number of aromatic nitrogens is 2. The summed E-state index contributed by atoms with van der Waals surface area (Å²) in [6.07, 6.45) is 0. The van der Waals surface area contributed by atoms with Crippen LogP contribution in [0.4, 0.5) is 5.82 Å². The minimum Gasteiger partial charge on any atom is -0.497 e. The second kappa shape index (κ2) is 6.16. The molecule has 0 bridgehead atoms. The monoisotopic (exact) mass is 333 g/mol. The zero-order chi connectivity index (χ0) is 16.6. The molecule has 7 heteroatoms. The standard InChI is InChI=1S/C16H19N3O3S/c1-9-14-15(10-5-11(21-3)7-12(6-10)22-4)23-8-13(20)17-16(14)19(2)18-9/h5-7,15H,8H2,1-4H3,(H,17,20)/t15-/m0/s1. The van der Waals surface area contributed by atoms with Gasteiger partial charge in [-0.1, -0.05) is 0 Å². The Morgan fingerprint density at radius 1 is 1.26 bits per heavy atom. The van der Waals surface area contributed by atoms with E-state index in [1.807, 2.05) is 32.2 Å². The van der Waals surface area contributed by atoms with Crippen LogP contribution in [-0.4, -0.2) is 35.7 Å². The van der Waals surface area contributed by atoms with Crippen LogP contribution in [0.2, 0.25) is 0 Å². The number of ether oxygens (including phenoxy) is 2. The Morgan fingerprint density at radius 3 is 2.52 bits per heavy atom. The van der Waals surface area contributed by atoms with Crippen molar-refractivity contribution in [3.8, 4) is 11.5 Å². The Balaban J connectivity index is 2.15. The highest BCUT2D eigenvalue weighted by molar-refractivity contribution is 8.00. The molecule has 122 valence electrons. The predicted molar refractivity (Wildman–Crippen MR) is 90.4 cm³/mol. The van der Waals surface area contributed by atoms with Crippen molar-refractivity contribution in [2.45, 2.75) is 12.2 Å². The van der Waals surface area contributed by atoms with Gasteiger partial charge >= 0.3 is 0 Å². The summed E-state index contributed by atoms with van der Waals surface area (Å²) in [6.45, 7) is 1.96. The van der Waals surface area contributed by atoms with Crippen molar-refractivity contribution in [1.82, 2.24) is 9.78 Å². The normalized spacial score (nSPS) is 17.2. The van der Waals surface area contributed by atoms with Crippen LogP contribution < -0.4 is 14.8 Å². The average Bonchev–Trinajstić information content (AvgIpc) is 2.73. The lowest BCUT2D eigenvalue weighted by molar-refractivity contribution is -0.113. The third-order valence-corrected chi connectivity index (χ3v) is 5.12. The molecule has 3 rings (SSSR count). The van der Waals surface area contributed by atoms with Gasteiger partial charge < -0.3 is 14.8 Å². The molecule has 0 unspecified atom stereocenters. The summed E-state index contributed by atoms with van der Waals surface area (Å²) >= 11 is 1.58. The highest BCUT2D eigenvalue weighted by Gasteiger charge is 2.29. The summed E-state index contributed by atoms with van der Waals surface area (Å²) in [5, 5.41) is 7.39. The molecule has 1 amide bonds. The Bertz CT molecular complexity index is 735. The van der Waals surface area contributed by atoms with Gasteiger partial charge in [0.1, 0.15) is 17.3 Å². The number of rotatable bonds is 3. The lowest BCUT2D eigenvalue weighted by Crippen LogP contribution is -2.15. The van der Waals surface area contributed by atoms with E-state index >= 15 is 0 Å². The van der Waals surface area contributed by atoms with Gasteiger partial charge in [-0.3, -0.25) is 9.48 Å². The van der Waals surface area contributed by atoms with Crippen LogP contribution in [0, 0.1) is 6.92 Å². The Labute approximate surface area is 139 Å². The number of nitrogens with zero attached hydrogens (tertiary/aromatic N) is 2. The van der Waals surface area contributed by atoms with Gasteiger partial charge in [0.05, 0.1) is 30.9 Å². The number of methoxy groups -OCH3 is 2. The van der Waals surface area contributed by atoms with E-state index in [0.717, 1.165) is 34.1 Å². The highest BCUT2D eigenvalue weighted by atomic mass is 32.2. The maximum atomic E-state index is 12.0. The predicted octanol–water partition coefficient (Wildman–Crippen LogP) is 2.52. The van der Waals surface area contributed by atoms with Gasteiger partial charge in [0.15, 0.2) is 0 Å². The number of hydrogen-bond donors (Lipinski definition) is 1. The molecule has 1 N–H and O–H groups in total. The molecule has 1 aromatic heterocycles. The fourth-order valence-corrected chi connectivity index (χ4v) is 3.96. The topological polar surface area (TPSA) is 65.4 Å². The molecule has 0 radical (unpaired) electrons. The Kier molecular flexibility index (Phi) is 4.21. The first-order valence-corrected chi connectivity index (χ1v) is 8.26. The van der Waals surface area contributed by atoms with Gasteiger partial charge in [-0.05, 0) is 24.6 Å². The second-order valence-corrected chi connectivity index (χ2v) is 6.45. The van der Waals surface area contributed by atoms with Crippen molar-refractivity contribution < 1.29 is 14.3 Å². The maximum Gasteiger partial charge on any atom is 0.235 e. The zero-order valence-corrected chi connectivity index (χ0v) is 14.4.